The lowest BCUT2D eigenvalue weighted by atomic mass is 10.0. The van der Waals surface area contributed by atoms with Crippen LogP contribution in [0.2, 0.25) is 0 Å². The molecule has 146 valence electrons. The second kappa shape index (κ2) is 8.25. The second-order valence-corrected chi connectivity index (χ2v) is 6.89. The highest BCUT2D eigenvalue weighted by molar-refractivity contribution is 6.12. The van der Waals surface area contributed by atoms with Crippen molar-refractivity contribution >= 4 is 17.6 Å². The van der Waals surface area contributed by atoms with E-state index in [9.17, 15) is 14.4 Å². The van der Waals surface area contributed by atoms with Crippen molar-refractivity contribution in [3.05, 3.63) is 59.7 Å². The van der Waals surface area contributed by atoms with Gasteiger partial charge >= 0.3 is 0 Å². The van der Waals surface area contributed by atoms with E-state index in [0.717, 1.165) is 4.90 Å². The molecule has 0 spiro atoms. The summed E-state index contributed by atoms with van der Waals surface area (Å²) in [5.41, 5.74) is 0.654. The third kappa shape index (κ3) is 3.91. The average Bonchev–Trinajstić information content (AvgIpc) is 2.79. The normalized spacial score (nSPS) is 16.4. The van der Waals surface area contributed by atoms with E-state index in [1.165, 1.54) is 0 Å². The van der Waals surface area contributed by atoms with Crippen LogP contribution in [0.1, 0.15) is 41.5 Å². The average molecular weight is 381 g/mol. The highest BCUT2D eigenvalue weighted by Crippen LogP contribution is 2.28. The zero-order chi connectivity index (χ0) is 20.3. The topological polar surface area (TPSA) is 72.9 Å². The molecule has 0 aromatic heterocycles. The molecule has 2 aromatic rings. The number of amides is 2. The van der Waals surface area contributed by atoms with Crippen molar-refractivity contribution in [3.8, 4) is 11.5 Å². The monoisotopic (exact) mass is 381 g/mol. The van der Waals surface area contributed by atoms with Crippen molar-refractivity contribution in [2.75, 3.05) is 13.2 Å². The maximum Gasteiger partial charge on any atom is 0.271 e. The molecular weight excluding hydrogens is 358 g/mol. The van der Waals surface area contributed by atoms with Crippen LogP contribution in [0.25, 0.3) is 0 Å². The number of benzene rings is 2. The molecule has 0 N–H and O–H groups in total. The van der Waals surface area contributed by atoms with E-state index in [-0.39, 0.29) is 23.8 Å². The lowest BCUT2D eigenvalue weighted by Crippen LogP contribution is -2.47. The zero-order valence-corrected chi connectivity index (χ0v) is 16.2. The largest absolute Gasteiger partial charge is 0.494 e. The Bertz CT molecular complexity index is 905. The molecule has 6 nitrogen and oxygen atoms in total. The van der Waals surface area contributed by atoms with Crippen LogP contribution in [0.4, 0.5) is 0 Å². The molecule has 2 amide bonds. The molecule has 0 unspecified atom stereocenters. The molecule has 2 aromatic carbocycles. The molecule has 0 radical (unpaired) electrons. The third-order valence-corrected chi connectivity index (χ3v) is 4.50. The molecular formula is C22H23NO5. The van der Waals surface area contributed by atoms with Crippen molar-refractivity contribution in [1.82, 2.24) is 4.90 Å². The number of carbonyl (C=O) groups excluding carboxylic acids is 3. The summed E-state index contributed by atoms with van der Waals surface area (Å²) < 4.78 is 11.3. The molecule has 1 atom stereocenters. The predicted octanol–water partition coefficient (Wildman–Crippen LogP) is 3.35. The molecule has 1 heterocycles. The predicted molar refractivity (Wildman–Crippen MR) is 104 cm³/mol. The molecule has 0 aliphatic carbocycles. The van der Waals surface area contributed by atoms with Gasteiger partial charge in [0, 0.05) is 5.56 Å². The fraction of sp³-hybridized carbons (Fsp3) is 0.318. The summed E-state index contributed by atoms with van der Waals surface area (Å²) in [5.74, 6) is -0.623. The van der Waals surface area contributed by atoms with Gasteiger partial charge in [-0.15, -0.1) is 0 Å². The Balaban J connectivity index is 1.92. The number of hydrogen-bond donors (Lipinski definition) is 0. The summed E-state index contributed by atoms with van der Waals surface area (Å²) in [6, 6.07) is 13.4. The number of nitrogens with zero attached hydrogens (tertiary/aromatic N) is 1. The van der Waals surface area contributed by atoms with E-state index in [2.05, 4.69) is 0 Å². The van der Waals surface area contributed by atoms with E-state index < -0.39 is 17.9 Å². The van der Waals surface area contributed by atoms with Gasteiger partial charge in [0.05, 0.1) is 18.7 Å². The van der Waals surface area contributed by atoms with Gasteiger partial charge in [-0.25, -0.2) is 0 Å². The van der Waals surface area contributed by atoms with Gasteiger partial charge in [0.2, 0.25) is 0 Å². The van der Waals surface area contributed by atoms with Crippen LogP contribution >= 0.6 is 0 Å². The minimum atomic E-state index is -0.838. The van der Waals surface area contributed by atoms with Gasteiger partial charge in [0.15, 0.2) is 11.9 Å². The molecule has 3 rings (SSSR count). The van der Waals surface area contributed by atoms with Crippen LogP contribution in [0.3, 0.4) is 0 Å². The van der Waals surface area contributed by atoms with Gasteiger partial charge in [-0.2, -0.15) is 0 Å². The number of ketones is 1. The van der Waals surface area contributed by atoms with Crippen LogP contribution in [0.15, 0.2) is 48.5 Å². The second-order valence-electron chi connectivity index (χ2n) is 6.89. The summed E-state index contributed by atoms with van der Waals surface area (Å²) in [6.45, 7) is 5.66. The van der Waals surface area contributed by atoms with Crippen molar-refractivity contribution in [3.63, 3.8) is 0 Å². The first kappa shape index (κ1) is 19.6. The highest BCUT2D eigenvalue weighted by Gasteiger charge is 2.38. The minimum absolute atomic E-state index is 0.162. The zero-order valence-electron chi connectivity index (χ0n) is 16.2. The lowest BCUT2D eigenvalue weighted by molar-refractivity contribution is -0.136. The van der Waals surface area contributed by atoms with Crippen LogP contribution in [-0.2, 0) is 4.79 Å². The van der Waals surface area contributed by atoms with Crippen molar-refractivity contribution in [2.45, 2.75) is 26.9 Å². The summed E-state index contributed by atoms with van der Waals surface area (Å²) in [7, 11) is 0. The number of Topliss-reactive ketones (excluding diaryl/α,β-unsaturated/α-hetero) is 1. The van der Waals surface area contributed by atoms with Gasteiger partial charge < -0.3 is 9.47 Å². The number of ether oxygens (including phenoxy) is 2. The fourth-order valence-electron chi connectivity index (χ4n) is 3.06. The van der Waals surface area contributed by atoms with Crippen LogP contribution in [0, 0.1) is 5.92 Å². The van der Waals surface area contributed by atoms with E-state index >= 15 is 0 Å². The number of carbonyl (C=O) groups is 3. The van der Waals surface area contributed by atoms with Gasteiger partial charge in [0.25, 0.3) is 11.8 Å². The Kier molecular flexibility index (Phi) is 5.78. The number of imide groups is 1. The van der Waals surface area contributed by atoms with Crippen LogP contribution in [0.5, 0.6) is 11.5 Å². The number of rotatable bonds is 6. The highest BCUT2D eigenvalue weighted by atomic mass is 16.5. The molecule has 28 heavy (non-hydrogen) atoms. The Morgan fingerprint density at radius 3 is 2.61 bits per heavy atom. The van der Waals surface area contributed by atoms with E-state index in [0.29, 0.717) is 23.7 Å². The molecule has 0 saturated heterocycles. The Morgan fingerprint density at radius 1 is 1.14 bits per heavy atom. The number of hydrogen-bond acceptors (Lipinski definition) is 5. The SMILES string of the molecule is CCOc1cccc(C(=O)CN2C(=O)c3ccccc3O[C@H](C(C)C)C2=O)c1. The van der Waals surface area contributed by atoms with E-state index in [1.807, 2.05) is 20.8 Å². The standard InChI is InChI=1S/C22H23NO5/c1-4-27-16-9-7-8-15(12-16)18(24)13-23-21(25)17-10-5-6-11-19(17)28-20(14(2)3)22(23)26/h5-12,14,20H,4,13H2,1-3H3/t20-/m1/s1. The minimum Gasteiger partial charge on any atom is -0.494 e. The summed E-state index contributed by atoms with van der Waals surface area (Å²) in [6.07, 6.45) is -0.838. The summed E-state index contributed by atoms with van der Waals surface area (Å²) in [5, 5.41) is 0. The molecule has 0 saturated carbocycles. The first-order valence-corrected chi connectivity index (χ1v) is 9.29. The maximum absolute atomic E-state index is 13.0. The molecule has 6 heteroatoms. The quantitative estimate of drug-likeness (QED) is 0.567. The number of fused-ring (bicyclic) bond motifs is 1. The molecule has 1 aliphatic heterocycles. The molecule has 0 bridgehead atoms. The third-order valence-electron chi connectivity index (χ3n) is 4.50. The Morgan fingerprint density at radius 2 is 1.89 bits per heavy atom. The van der Waals surface area contributed by atoms with Gasteiger partial charge in [-0.1, -0.05) is 38.1 Å². The van der Waals surface area contributed by atoms with Crippen LogP contribution < -0.4 is 9.47 Å². The Labute approximate surface area is 164 Å². The molecule has 0 fully saturated rings. The summed E-state index contributed by atoms with van der Waals surface area (Å²) in [4.78, 5) is 39.8. The molecule has 1 aliphatic rings. The summed E-state index contributed by atoms with van der Waals surface area (Å²) >= 11 is 0. The first-order valence-electron chi connectivity index (χ1n) is 9.29. The van der Waals surface area contributed by atoms with E-state index in [1.54, 1.807) is 48.5 Å². The first-order chi connectivity index (χ1) is 13.4. The van der Waals surface area contributed by atoms with Gasteiger partial charge in [-0.05, 0) is 37.1 Å². The van der Waals surface area contributed by atoms with Gasteiger partial charge in [0.1, 0.15) is 11.5 Å². The maximum atomic E-state index is 13.0. The van der Waals surface area contributed by atoms with Crippen molar-refractivity contribution in [2.24, 2.45) is 5.92 Å². The van der Waals surface area contributed by atoms with Gasteiger partial charge in [-0.3, -0.25) is 19.3 Å². The fourth-order valence-corrected chi connectivity index (χ4v) is 3.06. The smallest absolute Gasteiger partial charge is 0.271 e. The van der Waals surface area contributed by atoms with Crippen LogP contribution in [-0.4, -0.2) is 41.8 Å². The Hall–Kier alpha value is -3.15. The van der Waals surface area contributed by atoms with Crippen molar-refractivity contribution in [1.29, 1.82) is 0 Å². The van der Waals surface area contributed by atoms with E-state index in [4.69, 9.17) is 9.47 Å². The lowest BCUT2D eigenvalue weighted by Gasteiger charge is -2.24. The number of para-hydroxylation sites is 1. The van der Waals surface area contributed by atoms with Crippen molar-refractivity contribution < 1.29 is 23.9 Å².